The van der Waals surface area contributed by atoms with E-state index in [1.54, 1.807) is 0 Å². The van der Waals surface area contributed by atoms with Gasteiger partial charge in [-0.25, -0.2) is 0 Å². The molecule has 1 atom stereocenters. The topological polar surface area (TPSA) is 56.3 Å². The number of nitrogens with one attached hydrogen (secondary N) is 1. The average Bonchev–Trinajstić information content (AvgIpc) is 3.12. The summed E-state index contributed by atoms with van der Waals surface area (Å²) < 4.78 is 48.9. The number of ether oxygens (including phenoxy) is 2. The highest BCUT2D eigenvalue weighted by atomic mass is 19.4. The number of aryl methyl sites for hydroxylation is 1. The Morgan fingerprint density at radius 2 is 2.08 bits per heavy atom. The van der Waals surface area contributed by atoms with E-state index in [2.05, 4.69) is 15.5 Å². The third-order valence-corrected chi connectivity index (χ3v) is 4.14. The zero-order valence-electron chi connectivity index (χ0n) is 14.3. The number of rotatable bonds is 6. The van der Waals surface area contributed by atoms with Gasteiger partial charge in [0.2, 0.25) is 0 Å². The zero-order chi connectivity index (χ0) is 18.6. The minimum atomic E-state index is -4.49. The minimum absolute atomic E-state index is 0.272. The van der Waals surface area contributed by atoms with Crippen LogP contribution in [-0.4, -0.2) is 30.0 Å². The molecule has 1 fully saturated rings. The van der Waals surface area contributed by atoms with Crippen molar-refractivity contribution >= 4 is 5.82 Å². The van der Waals surface area contributed by atoms with Gasteiger partial charge in [0.25, 0.3) is 0 Å². The molecule has 26 heavy (non-hydrogen) atoms. The van der Waals surface area contributed by atoms with Crippen LogP contribution in [0.4, 0.5) is 19.0 Å². The summed E-state index contributed by atoms with van der Waals surface area (Å²) in [5, 5.41) is 9.76. The van der Waals surface area contributed by atoms with Gasteiger partial charge in [0.1, 0.15) is 11.6 Å². The van der Waals surface area contributed by atoms with Crippen molar-refractivity contribution < 1.29 is 22.6 Å². The maximum atomic E-state index is 12.5. The number of nitrogens with zero attached hydrogens (tertiary/aromatic N) is 2. The third kappa shape index (κ3) is 4.85. The van der Waals surface area contributed by atoms with Crippen molar-refractivity contribution in [2.75, 3.05) is 25.1 Å². The molecule has 1 N–H and O–H groups in total. The van der Waals surface area contributed by atoms with Gasteiger partial charge in [0.15, 0.2) is 5.69 Å². The van der Waals surface area contributed by atoms with Crippen LogP contribution in [0.25, 0.3) is 0 Å². The van der Waals surface area contributed by atoms with E-state index in [0.717, 1.165) is 36.0 Å². The van der Waals surface area contributed by atoms with Crippen molar-refractivity contribution in [3.05, 3.63) is 47.2 Å². The van der Waals surface area contributed by atoms with Gasteiger partial charge in [-0.15, -0.1) is 10.2 Å². The number of anilines is 1. The Hall–Kier alpha value is -2.35. The number of alkyl halides is 3. The van der Waals surface area contributed by atoms with Gasteiger partial charge >= 0.3 is 6.18 Å². The summed E-state index contributed by atoms with van der Waals surface area (Å²) in [6, 6.07) is 8.01. The van der Waals surface area contributed by atoms with Crippen LogP contribution in [0.15, 0.2) is 30.3 Å². The van der Waals surface area contributed by atoms with Gasteiger partial charge < -0.3 is 14.8 Å². The summed E-state index contributed by atoms with van der Waals surface area (Å²) in [5.41, 5.74) is 0.957. The van der Waals surface area contributed by atoms with Crippen molar-refractivity contribution in [1.82, 2.24) is 10.2 Å². The molecule has 0 amide bonds. The monoisotopic (exact) mass is 367 g/mol. The smallest absolute Gasteiger partial charge is 0.435 e. The average molecular weight is 367 g/mol. The Morgan fingerprint density at radius 1 is 1.23 bits per heavy atom. The highest BCUT2D eigenvalue weighted by Gasteiger charge is 2.32. The molecule has 1 aromatic carbocycles. The van der Waals surface area contributed by atoms with Crippen LogP contribution in [-0.2, 0) is 17.5 Å². The summed E-state index contributed by atoms with van der Waals surface area (Å²) in [6.07, 6.45) is -3.51. The van der Waals surface area contributed by atoms with E-state index >= 15 is 0 Å². The van der Waals surface area contributed by atoms with Gasteiger partial charge in [0, 0.05) is 24.6 Å². The van der Waals surface area contributed by atoms with Crippen molar-refractivity contribution in [2.24, 2.45) is 5.92 Å². The molecule has 8 heteroatoms. The molecule has 1 unspecified atom stereocenters. The molecule has 0 bridgehead atoms. The Morgan fingerprint density at radius 3 is 2.73 bits per heavy atom. The van der Waals surface area contributed by atoms with Crippen LogP contribution >= 0.6 is 0 Å². The van der Waals surface area contributed by atoms with E-state index in [0.29, 0.717) is 25.7 Å². The molecule has 0 radical (unpaired) electrons. The first kappa shape index (κ1) is 18.4. The van der Waals surface area contributed by atoms with Gasteiger partial charge in [-0.3, -0.25) is 0 Å². The van der Waals surface area contributed by atoms with Crippen molar-refractivity contribution in [1.29, 1.82) is 0 Å². The lowest BCUT2D eigenvalue weighted by atomic mass is 10.1. The van der Waals surface area contributed by atoms with Crippen molar-refractivity contribution in [3.63, 3.8) is 0 Å². The number of benzene rings is 1. The molecule has 2 heterocycles. The molecular formula is C18H20F3N3O2. The largest absolute Gasteiger partial charge is 0.493 e. The van der Waals surface area contributed by atoms with Crippen molar-refractivity contribution in [2.45, 2.75) is 26.1 Å². The number of hydrogen-bond donors (Lipinski definition) is 1. The second kappa shape index (κ2) is 7.90. The Balaban J connectivity index is 1.63. The molecule has 1 aromatic heterocycles. The standard InChI is InChI=1S/C18H20F3N3O2/c1-12-2-3-14(15(8-12)26-11-13-6-7-25-10-13)9-22-17-5-4-16(23-24-17)18(19,20)21/h2-5,8,13H,6-7,9-11H2,1H3,(H,22,24). The molecule has 140 valence electrons. The summed E-state index contributed by atoms with van der Waals surface area (Å²) >= 11 is 0. The predicted molar refractivity (Wildman–Crippen MR) is 90.0 cm³/mol. The normalized spacial score (nSPS) is 17.3. The summed E-state index contributed by atoms with van der Waals surface area (Å²) in [4.78, 5) is 0. The minimum Gasteiger partial charge on any atom is -0.493 e. The quantitative estimate of drug-likeness (QED) is 0.841. The van der Waals surface area contributed by atoms with E-state index in [9.17, 15) is 13.2 Å². The fraction of sp³-hybridized carbons (Fsp3) is 0.444. The predicted octanol–water partition coefficient (Wildman–Crippen LogP) is 3.83. The van der Waals surface area contributed by atoms with E-state index < -0.39 is 11.9 Å². The molecule has 5 nitrogen and oxygen atoms in total. The highest BCUT2D eigenvalue weighted by molar-refractivity contribution is 5.41. The van der Waals surface area contributed by atoms with Crippen LogP contribution in [0.5, 0.6) is 5.75 Å². The third-order valence-electron chi connectivity index (χ3n) is 4.14. The Bertz CT molecular complexity index is 729. The van der Waals surface area contributed by atoms with E-state index in [4.69, 9.17) is 9.47 Å². The highest BCUT2D eigenvalue weighted by Crippen LogP contribution is 2.27. The van der Waals surface area contributed by atoms with Crippen LogP contribution in [0.3, 0.4) is 0 Å². The lowest BCUT2D eigenvalue weighted by Crippen LogP contribution is -2.14. The zero-order valence-corrected chi connectivity index (χ0v) is 14.3. The molecular weight excluding hydrogens is 347 g/mol. The molecule has 1 saturated heterocycles. The SMILES string of the molecule is Cc1ccc(CNc2ccc(C(F)(F)F)nn2)c(OCC2CCOC2)c1. The first-order valence-electron chi connectivity index (χ1n) is 8.36. The summed E-state index contributed by atoms with van der Waals surface area (Å²) in [6.45, 7) is 4.40. The maximum Gasteiger partial charge on any atom is 0.435 e. The van der Waals surface area contributed by atoms with E-state index in [1.165, 1.54) is 6.07 Å². The summed E-state index contributed by atoms with van der Waals surface area (Å²) in [7, 11) is 0. The number of aromatic nitrogens is 2. The van der Waals surface area contributed by atoms with Gasteiger partial charge in [0.05, 0.1) is 13.2 Å². The summed E-state index contributed by atoms with van der Waals surface area (Å²) in [5.74, 6) is 1.41. The number of hydrogen-bond acceptors (Lipinski definition) is 5. The molecule has 1 aliphatic rings. The van der Waals surface area contributed by atoms with Crippen LogP contribution in [0, 0.1) is 12.8 Å². The molecule has 0 saturated carbocycles. The van der Waals surface area contributed by atoms with Gasteiger partial charge in [-0.05, 0) is 37.1 Å². The first-order valence-corrected chi connectivity index (χ1v) is 8.36. The fourth-order valence-corrected chi connectivity index (χ4v) is 2.63. The maximum absolute atomic E-state index is 12.5. The first-order chi connectivity index (χ1) is 12.4. The van der Waals surface area contributed by atoms with Gasteiger partial charge in [-0.2, -0.15) is 13.2 Å². The lowest BCUT2D eigenvalue weighted by molar-refractivity contribution is -0.141. The van der Waals surface area contributed by atoms with Crippen LogP contribution < -0.4 is 10.1 Å². The molecule has 0 spiro atoms. The van der Waals surface area contributed by atoms with Crippen LogP contribution in [0.1, 0.15) is 23.2 Å². The fourth-order valence-electron chi connectivity index (χ4n) is 2.63. The lowest BCUT2D eigenvalue weighted by Gasteiger charge is -2.15. The van der Waals surface area contributed by atoms with Gasteiger partial charge in [-0.1, -0.05) is 12.1 Å². The second-order valence-electron chi connectivity index (χ2n) is 6.31. The van der Waals surface area contributed by atoms with E-state index in [-0.39, 0.29) is 5.82 Å². The Labute approximate surface area is 149 Å². The van der Waals surface area contributed by atoms with E-state index in [1.807, 2.05) is 25.1 Å². The molecule has 3 rings (SSSR count). The van der Waals surface area contributed by atoms with Crippen LogP contribution in [0.2, 0.25) is 0 Å². The molecule has 2 aromatic rings. The molecule has 0 aliphatic carbocycles. The number of halogens is 3. The second-order valence-corrected chi connectivity index (χ2v) is 6.31. The Kier molecular flexibility index (Phi) is 5.61. The molecule has 1 aliphatic heterocycles. The van der Waals surface area contributed by atoms with Crippen molar-refractivity contribution in [3.8, 4) is 5.75 Å².